The highest BCUT2D eigenvalue weighted by molar-refractivity contribution is 7.99. The molecule has 2 atom stereocenters. The summed E-state index contributed by atoms with van der Waals surface area (Å²) < 4.78 is 45.5. The lowest BCUT2D eigenvalue weighted by Gasteiger charge is -2.23. The molecule has 1 saturated heterocycles. The number of nitrogens with zero attached hydrogens (tertiary/aromatic N) is 3. The van der Waals surface area contributed by atoms with E-state index in [1.807, 2.05) is 12.1 Å². The molecular weight excluding hydrogens is 387 g/mol. The topological polar surface area (TPSA) is 40.6 Å². The maximum Gasteiger partial charge on any atom is 0.417 e. The third kappa shape index (κ3) is 4.41. The predicted octanol–water partition coefficient (Wildman–Crippen LogP) is 5.47. The van der Waals surface area contributed by atoms with Gasteiger partial charge in [0.05, 0.1) is 29.9 Å². The van der Waals surface area contributed by atoms with Crippen LogP contribution in [0, 0.1) is 17.9 Å². The molecule has 0 unspecified atom stereocenters. The number of alkyl halides is 3. The molecule has 1 aliphatic rings. The molecule has 2 aromatic rings. The van der Waals surface area contributed by atoms with E-state index < -0.39 is 11.7 Å². The normalized spacial score (nSPS) is 19.3. The lowest BCUT2D eigenvalue weighted by Crippen LogP contribution is -2.28. The molecule has 0 aliphatic carbocycles. The van der Waals surface area contributed by atoms with Crippen molar-refractivity contribution in [2.45, 2.75) is 30.3 Å². The van der Waals surface area contributed by atoms with Crippen LogP contribution in [0.3, 0.4) is 0 Å². The number of thioether (sulfide) groups is 1. The van der Waals surface area contributed by atoms with E-state index in [-0.39, 0.29) is 17.9 Å². The summed E-state index contributed by atoms with van der Waals surface area (Å²) in [6.07, 6.45) is -5.10. The van der Waals surface area contributed by atoms with Gasteiger partial charge in [-0.25, -0.2) is 4.85 Å². The second-order valence-electron chi connectivity index (χ2n) is 6.27. The minimum atomic E-state index is -4.59. The third-order valence-corrected chi connectivity index (χ3v) is 5.53. The first-order valence-electron chi connectivity index (χ1n) is 8.45. The average Bonchev–Trinajstić information content (AvgIpc) is 3.06. The van der Waals surface area contributed by atoms with Crippen molar-refractivity contribution in [1.82, 2.24) is 0 Å². The maximum atomic E-state index is 13.2. The summed E-state index contributed by atoms with van der Waals surface area (Å²) in [4.78, 5) is 6.12. The molecular formula is C20H16F3N3OS. The number of hydrogen-bond acceptors (Lipinski definition) is 4. The van der Waals surface area contributed by atoms with Crippen molar-refractivity contribution >= 4 is 23.1 Å². The lowest BCUT2D eigenvalue weighted by molar-refractivity contribution is -0.137. The van der Waals surface area contributed by atoms with Gasteiger partial charge < -0.3 is 9.64 Å². The van der Waals surface area contributed by atoms with Gasteiger partial charge in [0.1, 0.15) is 6.23 Å². The number of rotatable bonds is 4. The van der Waals surface area contributed by atoms with Crippen LogP contribution in [-0.2, 0) is 10.9 Å². The van der Waals surface area contributed by atoms with Gasteiger partial charge in [0.2, 0.25) is 0 Å². The fraction of sp³-hybridized carbons (Fsp3) is 0.300. The van der Waals surface area contributed by atoms with E-state index in [0.717, 1.165) is 11.0 Å². The van der Waals surface area contributed by atoms with Gasteiger partial charge in [-0.2, -0.15) is 18.4 Å². The predicted molar refractivity (Wildman–Crippen MR) is 101 cm³/mol. The van der Waals surface area contributed by atoms with Crippen LogP contribution in [0.25, 0.3) is 4.85 Å². The Hall–Kier alpha value is -2.68. The number of nitriles is 1. The number of benzene rings is 2. The number of anilines is 1. The quantitative estimate of drug-likeness (QED) is 0.501. The fourth-order valence-corrected chi connectivity index (χ4v) is 3.91. The highest BCUT2D eigenvalue weighted by Gasteiger charge is 2.36. The minimum Gasteiger partial charge on any atom is -0.353 e. The molecule has 0 aromatic heterocycles. The summed E-state index contributed by atoms with van der Waals surface area (Å²) in [6, 6.07) is 12.5. The van der Waals surface area contributed by atoms with Crippen LogP contribution in [0.4, 0.5) is 24.5 Å². The van der Waals surface area contributed by atoms with Crippen LogP contribution < -0.4 is 4.90 Å². The summed E-state index contributed by atoms with van der Waals surface area (Å²) in [5.41, 5.74) is -0.369. The molecule has 8 heteroatoms. The van der Waals surface area contributed by atoms with E-state index in [1.165, 1.54) is 12.1 Å². The second kappa shape index (κ2) is 8.14. The number of hydrogen-bond donors (Lipinski definition) is 0. The van der Waals surface area contributed by atoms with Gasteiger partial charge in [0, 0.05) is 22.9 Å². The Kier molecular flexibility index (Phi) is 5.83. The van der Waals surface area contributed by atoms with Gasteiger partial charge >= 0.3 is 6.18 Å². The first-order valence-corrected chi connectivity index (χ1v) is 9.44. The number of ether oxygens (including phenoxy) is 1. The van der Waals surface area contributed by atoms with Gasteiger partial charge in [-0.15, -0.1) is 11.8 Å². The van der Waals surface area contributed by atoms with Crippen molar-refractivity contribution in [3.05, 3.63) is 65.0 Å². The Morgan fingerprint density at radius 1 is 1.29 bits per heavy atom. The second-order valence-corrected chi connectivity index (χ2v) is 7.36. The lowest BCUT2D eigenvalue weighted by atomic mass is 10.1. The van der Waals surface area contributed by atoms with Crippen LogP contribution in [0.1, 0.15) is 18.1 Å². The minimum absolute atomic E-state index is 0.148. The summed E-state index contributed by atoms with van der Waals surface area (Å²) in [5, 5.41) is 8.94. The van der Waals surface area contributed by atoms with Gasteiger partial charge in [0.15, 0.2) is 5.69 Å². The van der Waals surface area contributed by atoms with Crippen molar-refractivity contribution in [1.29, 1.82) is 5.26 Å². The van der Waals surface area contributed by atoms with E-state index in [2.05, 4.69) is 4.85 Å². The summed E-state index contributed by atoms with van der Waals surface area (Å²) >= 11 is 1.57. The Bertz CT molecular complexity index is 932. The van der Waals surface area contributed by atoms with Crippen molar-refractivity contribution in [2.24, 2.45) is 0 Å². The van der Waals surface area contributed by atoms with Gasteiger partial charge in [-0.1, -0.05) is 24.3 Å². The number of halogens is 3. The molecule has 0 N–H and O–H groups in total. The Morgan fingerprint density at radius 2 is 2.00 bits per heavy atom. The molecule has 2 aromatic carbocycles. The van der Waals surface area contributed by atoms with Crippen molar-refractivity contribution in [3.8, 4) is 6.07 Å². The maximum absolute atomic E-state index is 13.2. The highest BCUT2D eigenvalue weighted by Crippen LogP contribution is 2.36. The first-order chi connectivity index (χ1) is 13.3. The molecule has 144 valence electrons. The smallest absolute Gasteiger partial charge is 0.353 e. The highest BCUT2D eigenvalue weighted by atomic mass is 32.2. The Balaban J connectivity index is 1.69. The van der Waals surface area contributed by atoms with Crippen LogP contribution in [0.2, 0.25) is 0 Å². The van der Waals surface area contributed by atoms with Crippen molar-refractivity contribution < 1.29 is 17.9 Å². The van der Waals surface area contributed by atoms with Gasteiger partial charge in [-0.05, 0) is 25.1 Å². The summed E-state index contributed by atoms with van der Waals surface area (Å²) in [7, 11) is 0. The van der Waals surface area contributed by atoms with Gasteiger partial charge in [-0.3, -0.25) is 0 Å². The molecule has 3 rings (SSSR count). The van der Waals surface area contributed by atoms with Gasteiger partial charge in [0.25, 0.3) is 0 Å². The zero-order chi connectivity index (χ0) is 20.3. The average molecular weight is 403 g/mol. The monoisotopic (exact) mass is 403 g/mol. The standard InChI is InChI=1S/C20H16F3N3OS/c1-13-26(16-6-3-14(10-24)19(9-16)20(21,22)23)11-17(27-13)12-28-18-7-4-15(25-2)5-8-18/h3-9,13,17H,11-12H2,1H3/t13-,17+/m1/s1. The SMILES string of the molecule is [C-]#[N+]c1ccc(SC[C@@H]2CN(c3ccc(C#N)c(C(F)(F)F)c3)[C@@H](C)O2)cc1. The van der Waals surface area contributed by atoms with Crippen LogP contribution in [0.5, 0.6) is 0 Å². The van der Waals surface area contributed by atoms with Crippen molar-refractivity contribution in [3.63, 3.8) is 0 Å². The molecule has 0 radical (unpaired) electrons. The fourth-order valence-electron chi connectivity index (χ4n) is 3.02. The van der Waals surface area contributed by atoms with Crippen molar-refractivity contribution in [2.75, 3.05) is 17.2 Å². The van der Waals surface area contributed by atoms with E-state index in [9.17, 15) is 13.2 Å². The molecule has 1 fully saturated rings. The van der Waals surface area contributed by atoms with Crippen LogP contribution >= 0.6 is 11.8 Å². The molecule has 28 heavy (non-hydrogen) atoms. The molecule has 1 heterocycles. The summed E-state index contributed by atoms with van der Waals surface area (Å²) in [5.74, 6) is 0.639. The molecule has 0 spiro atoms. The molecule has 0 bridgehead atoms. The van der Waals surface area contributed by atoms with Crippen LogP contribution in [0.15, 0.2) is 47.4 Å². The van der Waals surface area contributed by atoms with E-state index >= 15 is 0 Å². The van der Waals surface area contributed by atoms with E-state index in [1.54, 1.807) is 41.8 Å². The molecule has 0 saturated carbocycles. The molecule has 4 nitrogen and oxygen atoms in total. The van der Waals surface area contributed by atoms with E-state index in [0.29, 0.717) is 23.7 Å². The van der Waals surface area contributed by atoms with E-state index in [4.69, 9.17) is 16.6 Å². The Labute approximate surface area is 165 Å². The largest absolute Gasteiger partial charge is 0.417 e. The zero-order valence-corrected chi connectivity index (χ0v) is 15.7. The molecule has 1 aliphatic heterocycles. The zero-order valence-electron chi connectivity index (χ0n) is 14.9. The third-order valence-electron chi connectivity index (χ3n) is 4.39. The van der Waals surface area contributed by atoms with Crippen LogP contribution in [-0.4, -0.2) is 24.6 Å². The first kappa shape index (κ1) is 20.1. The Morgan fingerprint density at radius 3 is 2.61 bits per heavy atom. The molecule has 0 amide bonds. The summed E-state index contributed by atoms with van der Waals surface area (Å²) in [6.45, 7) is 9.21.